The van der Waals surface area contributed by atoms with Gasteiger partial charge in [-0.1, -0.05) is 0 Å². The van der Waals surface area contributed by atoms with Crippen LogP contribution in [0.5, 0.6) is 0 Å². The fourth-order valence-electron chi connectivity index (χ4n) is 3.38. The van der Waals surface area contributed by atoms with E-state index in [1.807, 2.05) is 0 Å². The Morgan fingerprint density at radius 3 is 2.03 bits per heavy atom. The number of carbonyl (C=O) groups excluding carboxylic acids is 5. The Kier molecular flexibility index (Phi) is 8.85. The minimum Gasteiger partial charge on any atom is -0.463 e. The van der Waals surface area contributed by atoms with Gasteiger partial charge in [-0.25, -0.2) is 0 Å². The van der Waals surface area contributed by atoms with E-state index in [1.165, 1.54) is 24.7 Å². The van der Waals surface area contributed by atoms with Crippen molar-refractivity contribution in [2.24, 2.45) is 0 Å². The maximum Gasteiger partial charge on any atom is 0.304 e. The molecule has 0 saturated carbocycles. The molecule has 1 aromatic heterocycles. The number of nitrogens with one attached hydrogen (secondary N) is 1. The van der Waals surface area contributed by atoms with Crippen molar-refractivity contribution in [3.05, 3.63) is 30.1 Å². The van der Waals surface area contributed by atoms with Crippen molar-refractivity contribution in [2.75, 3.05) is 13.7 Å². The van der Waals surface area contributed by atoms with Crippen molar-refractivity contribution in [3.8, 4) is 0 Å². The van der Waals surface area contributed by atoms with Gasteiger partial charge in [-0.15, -0.1) is 0 Å². The number of hydrogen-bond donors (Lipinski definition) is 1. The Morgan fingerprint density at radius 2 is 1.48 bits per heavy atom. The largest absolute Gasteiger partial charge is 0.463 e. The number of hydrogen-bond acceptors (Lipinski definition) is 10. The Morgan fingerprint density at radius 1 is 0.909 bits per heavy atom. The van der Waals surface area contributed by atoms with Gasteiger partial charge in [0.25, 0.3) is 5.91 Å². The maximum absolute atomic E-state index is 12.1. The fourth-order valence-corrected chi connectivity index (χ4v) is 3.38. The maximum atomic E-state index is 12.1. The smallest absolute Gasteiger partial charge is 0.304 e. The fraction of sp³-hybridized carbons (Fsp3) is 0.524. The first-order chi connectivity index (χ1) is 15.5. The molecule has 5 unspecified atom stereocenters. The Bertz CT molecular complexity index is 918. The lowest BCUT2D eigenvalue weighted by Crippen LogP contribution is -2.65. The van der Waals surface area contributed by atoms with E-state index in [2.05, 4.69) is 5.32 Å². The summed E-state index contributed by atoms with van der Waals surface area (Å²) in [5.74, 6) is -3.16. The molecule has 0 spiro atoms. The zero-order valence-electron chi connectivity index (χ0n) is 18.9. The number of carbonyl (C=O) groups is 5. The van der Waals surface area contributed by atoms with E-state index in [0.717, 1.165) is 20.8 Å². The molecule has 0 bridgehead atoms. The van der Waals surface area contributed by atoms with Crippen LogP contribution in [0.25, 0.3) is 0 Å². The second kappa shape index (κ2) is 11.4. The molecule has 180 valence electrons. The van der Waals surface area contributed by atoms with Crippen molar-refractivity contribution in [3.63, 3.8) is 0 Å². The van der Waals surface area contributed by atoms with Gasteiger partial charge in [-0.2, -0.15) is 4.57 Å². The number of aromatic nitrogens is 1. The average molecular weight is 467 g/mol. The van der Waals surface area contributed by atoms with E-state index in [0.29, 0.717) is 0 Å². The van der Waals surface area contributed by atoms with Crippen LogP contribution in [-0.4, -0.2) is 67.9 Å². The van der Waals surface area contributed by atoms with E-state index in [9.17, 15) is 24.0 Å². The van der Waals surface area contributed by atoms with Crippen LogP contribution in [0, 0.1) is 0 Å². The molecule has 12 nitrogen and oxygen atoms in total. The van der Waals surface area contributed by atoms with Crippen LogP contribution in [0.15, 0.2) is 24.5 Å². The predicted octanol–water partition coefficient (Wildman–Crippen LogP) is -0.411. The van der Waals surface area contributed by atoms with Gasteiger partial charge in [0.2, 0.25) is 6.10 Å². The lowest BCUT2D eigenvalue weighted by Gasteiger charge is -2.41. The highest BCUT2D eigenvalue weighted by Gasteiger charge is 2.56. The molecule has 0 aliphatic carbocycles. The van der Waals surface area contributed by atoms with Gasteiger partial charge in [0.15, 0.2) is 24.6 Å². The van der Waals surface area contributed by atoms with Crippen LogP contribution < -0.4 is 9.88 Å². The van der Waals surface area contributed by atoms with Crippen molar-refractivity contribution in [1.82, 2.24) is 5.32 Å². The molecular weight excluding hydrogens is 440 g/mol. The minimum absolute atomic E-state index is 0.271. The second-order valence-corrected chi connectivity index (χ2v) is 7.21. The molecule has 33 heavy (non-hydrogen) atoms. The van der Waals surface area contributed by atoms with Crippen molar-refractivity contribution in [2.45, 2.75) is 58.3 Å². The van der Waals surface area contributed by atoms with Crippen LogP contribution in [0.3, 0.4) is 0 Å². The topological polar surface area (TPSA) is 147 Å². The molecule has 5 atom stereocenters. The second-order valence-electron chi connectivity index (χ2n) is 7.21. The highest BCUT2D eigenvalue weighted by Crippen LogP contribution is 2.32. The van der Waals surface area contributed by atoms with Gasteiger partial charge in [0, 0.05) is 40.8 Å². The van der Waals surface area contributed by atoms with Crippen LogP contribution in [-0.2, 0) is 42.9 Å². The number of nitrogens with zero attached hydrogens (tertiary/aromatic N) is 1. The van der Waals surface area contributed by atoms with Crippen LogP contribution in [0.4, 0.5) is 0 Å². The molecule has 2 rings (SSSR count). The molecule has 1 aromatic rings. The van der Waals surface area contributed by atoms with E-state index in [1.54, 1.807) is 18.3 Å². The summed E-state index contributed by atoms with van der Waals surface area (Å²) in [4.78, 5) is 59.1. The first-order valence-electron chi connectivity index (χ1n) is 10.1. The highest BCUT2D eigenvalue weighted by atomic mass is 16.7. The van der Waals surface area contributed by atoms with Crippen LogP contribution in [0.2, 0.25) is 0 Å². The molecule has 1 saturated heterocycles. The van der Waals surface area contributed by atoms with Gasteiger partial charge in [0.05, 0.1) is 0 Å². The molecule has 1 aliphatic heterocycles. The molecule has 1 fully saturated rings. The summed E-state index contributed by atoms with van der Waals surface area (Å²) >= 11 is 0. The average Bonchev–Trinajstić information content (AvgIpc) is 2.73. The summed E-state index contributed by atoms with van der Waals surface area (Å²) in [5.41, 5.74) is 0.271. The van der Waals surface area contributed by atoms with Crippen molar-refractivity contribution >= 4 is 29.8 Å². The molecule has 1 aliphatic rings. The van der Waals surface area contributed by atoms with Crippen LogP contribution >= 0.6 is 0 Å². The summed E-state index contributed by atoms with van der Waals surface area (Å²) in [6.45, 7) is 4.28. The predicted molar refractivity (Wildman–Crippen MR) is 107 cm³/mol. The van der Waals surface area contributed by atoms with E-state index in [-0.39, 0.29) is 18.1 Å². The monoisotopic (exact) mass is 467 g/mol. The third kappa shape index (κ3) is 6.97. The van der Waals surface area contributed by atoms with Gasteiger partial charge < -0.3 is 29.0 Å². The molecule has 0 aromatic carbocycles. The molecule has 1 amide bonds. The number of esters is 4. The number of amides is 1. The quantitative estimate of drug-likeness (QED) is 0.319. The van der Waals surface area contributed by atoms with E-state index < -0.39 is 54.5 Å². The first kappa shape index (κ1) is 25.7. The first-order valence-corrected chi connectivity index (χ1v) is 10.1. The van der Waals surface area contributed by atoms with Gasteiger partial charge in [-0.05, 0) is 6.07 Å². The van der Waals surface area contributed by atoms with Gasteiger partial charge in [0.1, 0.15) is 18.3 Å². The van der Waals surface area contributed by atoms with Crippen molar-refractivity contribution < 1.29 is 52.2 Å². The summed E-state index contributed by atoms with van der Waals surface area (Å²) in [6.07, 6.45) is -3.05. The third-order valence-electron chi connectivity index (χ3n) is 4.57. The van der Waals surface area contributed by atoms with E-state index >= 15 is 0 Å². The molecule has 2 heterocycles. The summed E-state index contributed by atoms with van der Waals surface area (Å²) in [7, 11) is 1.47. The van der Waals surface area contributed by atoms with Gasteiger partial charge in [-0.3, -0.25) is 24.0 Å². The zero-order valence-corrected chi connectivity index (χ0v) is 18.9. The molecule has 0 radical (unpaired) electrons. The summed E-state index contributed by atoms with van der Waals surface area (Å²) in [6, 6.07) is 3.12. The minimum atomic E-state index is -1.30. The lowest BCUT2D eigenvalue weighted by molar-refractivity contribution is -0.777. The number of ether oxygens (including phenoxy) is 5. The molecular formula is C21H27N2O10+. The normalized spacial score (nSPS) is 24.2. The third-order valence-corrected chi connectivity index (χ3v) is 4.57. The Hall–Kier alpha value is -3.54. The number of rotatable bonds is 7. The molecule has 1 N–H and O–H groups in total. The SMILES string of the molecule is CNC(=O)c1ccc[n+](C2OC(COC(C)=O)C(OC(C)=O)C(OC(C)=O)C2OC(C)=O)c1. The Balaban J connectivity index is 2.58. The summed E-state index contributed by atoms with van der Waals surface area (Å²) in [5, 5.41) is 2.50. The van der Waals surface area contributed by atoms with E-state index in [4.69, 9.17) is 23.7 Å². The van der Waals surface area contributed by atoms with Gasteiger partial charge >= 0.3 is 30.1 Å². The standard InChI is InChI=1S/C21H26N2O10/c1-11(24)29-10-16-17(30-12(2)25)18(31-13(3)26)19(32-14(4)27)21(33-16)23-8-6-7-15(9-23)20(28)22-5/h6-9,16-19,21H,10H2,1-5H3/p+1. The zero-order chi connectivity index (χ0) is 24.7. The Labute approximate surface area is 190 Å². The highest BCUT2D eigenvalue weighted by molar-refractivity contribution is 5.93. The van der Waals surface area contributed by atoms with Crippen LogP contribution in [0.1, 0.15) is 44.3 Å². The molecule has 12 heteroatoms. The van der Waals surface area contributed by atoms with Crippen molar-refractivity contribution in [1.29, 1.82) is 0 Å². The lowest BCUT2D eigenvalue weighted by atomic mass is 9.97. The number of pyridine rings is 1. The summed E-state index contributed by atoms with van der Waals surface area (Å²) < 4.78 is 28.7.